The van der Waals surface area contributed by atoms with Gasteiger partial charge in [-0.05, 0) is 35.6 Å². The molecule has 0 spiro atoms. The Balaban J connectivity index is 1.93. The predicted molar refractivity (Wildman–Crippen MR) is 126 cm³/mol. The largest absolute Gasteiger partial charge is 0.344 e. The zero-order chi connectivity index (χ0) is 25.0. The number of nitrogens with one attached hydrogen (secondary N) is 2. The first-order chi connectivity index (χ1) is 16.1. The van der Waals surface area contributed by atoms with Gasteiger partial charge in [-0.25, -0.2) is 8.78 Å². The summed E-state index contributed by atoms with van der Waals surface area (Å²) in [6.07, 6.45) is 0.815. The summed E-state index contributed by atoms with van der Waals surface area (Å²) in [4.78, 5) is 40.9. The third-order valence-corrected chi connectivity index (χ3v) is 6.34. The molecule has 182 valence electrons. The normalized spacial score (nSPS) is 17.0. The molecule has 2 aromatic rings. The molecule has 6 nitrogen and oxygen atoms in total. The van der Waals surface area contributed by atoms with Crippen molar-refractivity contribution in [1.29, 1.82) is 0 Å². The first-order valence-corrected chi connectivity index (χ1v) is 11.6. The van der Waals surface area contributed by atoms with Gasteiger partial charge in [0.2, 0.25) is 17.7 Å². The van der Waals surface area contributed by atoms with Crippen LogP contribution in [-0.2, 0) is 27.3 Å². The summed E-state index contributed by atoms with van der Waals surface area (Å²) in [5.41, 5.74) is 1.21. The lowest BCUT2D eigenvalue weighted by Gasteiger charge is -2.39. The van der Waals surface area contributed by atoms with Gasteiger partial charge in [-0.15, -0.1) is 0 Å². The molecule has 0 aliphatic carbocycles. The lowest BCUT2D eigenvalue weighted by atomic mass is 9.91. The Hall–Kier alpha value is -3.29. The van der Waals surface area contributed by atoms with E-state index < -0.39 is 41.2 Å². The van der Waals surface area contributed by atoms with Crippen molar-refractivity contribution in [3.8, 4) is 0 Å². The van der Waals surface area contributed by atoms with Crippen molar-refractivity contribution in [1.82, 2.24) is 10.2 Å². The lowest BCUT2D eigenvalue weighted by molar-refractivity contribution is -0.144. The Bertz CT molecular complexity index is 1050. The molecule has 0 aromatic heterocycles. The Morgan fingerprint density at radius 1 is 1.00 bits per heavy atom. The molecule has 3 rings (SSSR count). The Morgan fingerprint density at radius 2 is 1.62 bits per heavy atom. The van der Waals surface area contributed by atoms with Crippen LogP contribution in [0.2, 0.25) is 0 Å². The Kier molecular flexibility index (Phi) is 8.02. The van der Waals surface area contributed by atoms with Crippen LogP contribution in [0.25, 0.3) is 0 Å². The molecule has 0 saturated heterocycles. The van der Waals surface area contributed by atoms with E-state index in [0.29, 0.717) is 6.42 Å². The molecule has 0 bridgehead atoms. The summed E-state index contributed by atoms with van der Waals surface area (Å²) in [6.45, 7) is 7.46. The third-order valence-electron chi connectivity index (χ3n) is 6.34. The number of anilines is 1. The van der Waals surface area contributed by atoms with Crippen molar-refractivity contribution in [3.63, 3.8) is 0 Å². The quantitative estimate of drug-likeness (QED) is 0.640. The molecule has 2 aromatic carbocycles. The fourth-order valence-electron chi connectivity index (χ4n) is 3.99. The molecule has 3 amide bonds. The number of rotatable bonds is 7. The van der Waals surface area contributed by atoms with Gasteiger partial charge in [0.05, 0.1) is 0 Å². The van der Waals surface area contributed by atoms with E-state index in [1.807, 2.05) is 45.0 Å². The minimum atomic E-state index is -0.997. The number of hydrogen-bond donors (Lipinski definition) is 2. The average molecular weight is 472 g/mol. The van der Waals surface area contributed by atoms with Crippen LogP contribution in [0, 0.1) is 23.5 Å². The number of hydrogen-bond acceptors (Lipinski definition) is 3. The van der Waals surface area contributed by atoms with Crippen LogP contribution in [0.1, 0.15) is 45.2 Å². The summed E-state index contributed by atoms with van der Waals surface area (Å²) < 4.78 is 28.4. The zero-order valence-corrected chi connectivity index (χ0v) is 19.9. The van der Waals surface area contributed by atoms with Crippen LogP contribution in [0.15, 0.2) is 42.5 Å². The fourth-order valence-corrected chi connectivity index (χ4v) is 3.99. The van der Waals surface area contributed by atoms with Gasteiger partial charge in [-0.3, -0.25) is 14.4 Å². The second-order valence-corrected chi connectivity index (χ2v) is 9.08. The van der Waals surface area contributed by atoms with E-state index in [1.165, 1.54) is 11.0 Å². The van der Waals surface area contributed by atoms with Crippen LogP contribution in [0.3, 0.4) is 0 Å². The number of carbonyl (C=O) groups excluding carboxylic acids is 3. The molecule has 1 aliphatic rings. The first kappa shape index (κ1) is 25.3. The van der Waals surface area contributed by atoms with E-state index >= 15 is 0 Å². The number of nitrogens with zero attached hydrogens (tertiary/aromatic N) is 1. The monoisotopic (exact) mass is 471 g/mol. The summed E-state index contributed by atoms with van der Waals surface area (Å²) in [7, 11) is 0. The number of fused-ring (bicyclic) bond motifs is 1. The van der Waals surface area contributed by atoms with E-state index in [2.05, 4.69) is 10.6 Å². The van der Waals surface area contributed by atoms with E-state index in [9.17, 15) is 23.2 Å². The molecule has 8 heteroatoms. The van der Waals surface area contributed by atoms with Crippen LogP contribution < -0.4 is 10.6 Å². The summed E-state index contributed by atoms with van der Waals surface area (Å²) in [6, 6.07) is 8.91. The second-order valence-electron chi connectivity index (χ2n) is 9.08. The number of para-hydroxylation sites is 1. The molecular formula is C26H31F2N3O3. The molecule has 1 aliphatic heterocycles. The number of halogens is 2. The Labute approximate surface area is 198 Å². The highest BCUT2D eigenvalue weighted by Crippen LogP contribution is 2.27. The summed E-state index contributed by atoms with van der Waals surface area (Å²) in [5.74, 6) is -3.63. The summed E-state index contributed by atoms with van der Waals surface area (Å²) in [5, 5.41) is 5.16. The second kappa shape index (κ2) is 10.8. The third kappa shape index (κ3) is 5.43. The molecule has 0 saturated carbocycles. The maximum Gasteiger partial charge on any atom is 0.247 e. The van der Waals surface area contributed by atoms with Gasteiger partial charge >= 0.3 is 0 Å². The standard InChI is InChI=1S/C26H31F2N3O3/c1-5-16(4)24(32)29-22(15(2)3)26(34)31-14-18-10-7-6-9-17(18)13-21(31)25(33)30-23-19(27)11-8-12-20(23)28/h6-12,15-16,21-22H,5,13-14H2,1-4H3,(H,29,32)(H,30,33)/t16-,21+,22+/m1/s1. The van der Waals surface area contributed by atoms with Crippen molar-refractivity contribution >= 4 is 23.4 Å². The van der Waals surface area contributed by atoms with Gasteiger partial charge in [0.25, 0.3) is 0 Å². The highest BCUT2D eigenvalue weighted by atomic mass is 19.1. The van der Waals surface area contributed by atoms with Crippen LogP contribution in [-0.4, -0.2) is 34.7 Å². The number of amides is 3. The molecule has 0 radical (unpaired) electrons. The van der Waals surface area contributed by atoms with E-state index in [1.54, 1.807) is 6.92 Å². The number of carbonyl (C=O) groups is 3. The Morgan fingerprint density at radius 3 is 2.21 bits per heavy atom. The van der Waals surface area contributed by atoms with Gasteiger partial charge < -0.3 is 15.5 Å². The van der Waals surface area contributed by atoms with Crippen LogP contribution >= 0.6 is 0 Å². The minimum absolute atomic E-state index is 0.148. The predicted octanol–water partition coefficient (Wildman–Crippen LogP) is 4.04. The average Bonchev–Trinajstić information content (AvgIpc) is 2.82. The summed E-state index contributed by atoms with van der Waals surface area (Å²) >= 11 is 0. The number of benzene rings is 2. The lowest BCUT2D eigenvalue weighted by Crippen LogP contribution is -2.58. The minimum Gasteiger partial charge on any atom is -0.344 e. The zero-order valence-electron chi connectivity index (χ0n) is 19.9. The van der Waals surface area contributed by atoms with Gasteiger partial charge in [0.1, 0.15) is 29.4 Å². The van der Waals surface area contributed by atoms with E-state index in [-0.39, 0.29) is 30.7 Å². The highest BCUT2D eigenvalue weighted by Gasteiger charge is 2.39. The van der Waals surface area contributed by atoms with Gasteiger partial charge in [-0.1, -0.05) is 58.0 Å². The molecule has 34 heavy (non-hydrogen) atoms. The van der Waals surface area contributed by atoms with Crippen molar-refractivity contribution in [3.05, 3.63) is 65.2 Å². The highest BCUT2D eigenvalue weighted by molar-refractivity contribution is 5.99. The van der Waals surface area contributed by atoms with Crippen molar-refractivity contribution < 1.29 is 23.2 Å². The van der Waals surface area contributed by atoms with Crippen LogP contribution in [0.4, 0.5) is 14.5 Å². The molecule has 0 fully saturated rings. The van der Waals surface area contributed by atoms with E-state index in [4.69, 9.17) is 0 Å². The molecule has 3 atom stereocenters. The fraction of sp³-hybridized carbons (Fsp3) is 0.423. The smallest absolute Gasteiger partial charge is 0.247 e. The molecule has 1 heterocycles. The van der Waals surface area contributed by atoms with E-state index in [0.717, 1.165) is 23.3 Å². The van der Waals surface area contributed by atoms with Crippen molar-refractivity contribution in [2.24, 2.45) is 11.8 Å². The molecule has 0 unspecified atom stereocenters. The maximum absolute atomic E-state index is 14.2. The molecular weight excluding hydrogens is 440 g/mol. The van der Waals surface area contributed by atoms with Gasteiger partial charge in [0.15, 0.2) is 0 Å². The van der Waals surface area contributed by atoms with Gasteiger partial charge in [0, 0.05) is 18.9 Å². The first-order valence-electron chi connectivity index (χ1n) is 11.6. The van der Waals surface area contributed by atoms with Gasteiger partial charge in [-0.2, -0.15) is 0 Å². The maximum atomic E-state index is 14.2. The molecule has 2 N–H and O–H groups in total. The van der Waals surface area contributed by atoms with Crippen molar-refractivity contribution in [2.75, 3.05) is 5.32 Å². The topological polar surface area (TPSA) is 78.5 Å². The SMILES string of the molecule is CC[C@@H](C)C(=O)N[C@H](C(=O)N1Cc2ccccc2C[C@H]1C(=O)Nc1c(F)cccc1F)C(C)C. The van der Waals surface area contributed by atoms with Crippen molar-refractivity contribution in [2.45, 2.75) is 59.2 Å². The van der Waals surface area contributed by atoms with Crippen LogP contribution in [0.5, 0.6) is 0 Å².